The molecule has 2 rings (SSSR count). The standard InChI is InChI=1S/C17H26N4O5/c1-10(2)8-20-14(23)15(24)21(17(20)26)9-13(22)19-16(25)18-12-7-5-4-6-11(12)3/h10-12H,4-9H2,1-3H3,(H2,18,19,22,25)/t11-,12+/m0/s1. The van der Waals surface area contributed by atoms with E-state index in [0.29, 0.717) is 10.8 Å². The van der Waals surface area contributed by atoms with Gasteiger partial charge in [0, 0.05) is 12.6 Å². The van der Waals surface area contributed by atoms with E-state index in [2.05, 4.69) is 10.6 Å². The zero-order chi connectivity index (χ0) is 19.4. The van der Waals surface area contributed by atoms with E-state index < -0.39 is 36.3 Å². The minimum absolute atomic E-state index is 0.00490. The zero-order valence-electron chi connectivity index (χ0n) is 15.4. The Kier molecular flexibility index (Phi) is 6.33. The van der Waals surface area contributed by atoms with Crippen molar-refractivity contribution in [1.82, 2.24) is 20.4 Å². The van der Waals surface area contributed by atoms with E-state index in [9.17, 15) is 24.0 Å². The first-order valence-corrected chi connectivity index (χ1v) is 8.98. The third kappa shape index (κ3) is 4.59. The molecule has 1 aliphatic carbocycles. The predicted molar refractivity (Wildman–Crippen MR) is 91.8 cm³/mol. The molecule has 2 atom stereocenters. The van der Waals surface area contributed by atoms with Gasteiger partial charge in [-0.3, -0.25) is 24.6 Å². The van der Waals surface area contributed by atoms with Crippen LogP contribution in [0.2, 0.25) is 0 Å². The number of carbonyl (C=O) groups excluding carboxylic acids is 5. The Bertz CT molecular complexity index is 618. The van der Waals surface area contributed by atoms with E-state index in [1.54, 1.807) is 13.8 Å². The summed E-state index contributed by atoms with van der Waals surface area (Å²) in [5.41, 5.74) is 0. The minimum Gasteiger partial charge on any atom is -0.335 e. The Hall–Kier alpha value is -2.45. The molecule has 2 aliphatic rings. The van der Waals surface area contributed by atoms with Gasteiger partial charge in [-0.2, -0.15) is 0 Å². The fraction of sp³-hybridized carbons (Fsp3) is 0.706. The van der Waals surface area contributed by atoms with E-state index in [1.165, 1.54) is 0 Å². The van der Waals surface area contributed by atoms with Gasteiger partial charge < -0.3 is 5.32 Å². The largest absolute Gasteiger partial charge is 0.335 e. The molecular formula is C17H26N4O5. The lowest BCUT2D eigenvalue weighted by Gasteiger charge is -2.29. The number of rotatable bonds is 5. The molecule has 1 aliphatic heterocycles. The quantitative estimate of drug-likeness (QED) is 0.552. The lowest BCUT2D eigenvalue weighted by molar-refractivity contribution is -0.144. The van der Waals surface area contributed by atoms with E-state index in [1.807, 2.05) is 6.92 Å². The maximum absolute atomic E-state index is 12.2. The summed E-state index contributed by atoms with van der Waals surface area (Å²) in [5.74, 6) is -2.49. The molecule has 1 saturated carbocycles. The first-order valence-electron chi connectivity index (χ1n) is 8.98. The highest BCUT2D eigenvalue weighted by molar-refractivity contribution is 6.45. The molecule has 9 heteroatoms. The third-order valence-electron chi connectivity index (χ3n) is 4.67. The van der Waals surface area contributed by atoms with E-state index in [4.69, 9.17) is 0 Å². The van der Waals surface area contributed by atoms with Crippen LogP contribution in [-0.2, 0) is 14.4 Å². The number of amides is 7. The summed E-state index contributed by atoms with van der Waals surface area (Å²) < 4.78 is 0. The molecule has 0 radical (unpaired) electrons. The molecule has 9 nitrogen and oxygen atoms in total. The van der Waals surface area contributed by atoms with Crippen molar-refractivity contribution >= 4 is 29.8 Å². The molecule has 0 spiro atoms. The Balaban J connectivity index is 1.88. The Morgan fingerprint density at radius 2 is 1.69 bits per heavy atom. The summed E-state index contributed by atoms with van der Waals surface area (Å²) in [6.45, 7) is 5.09. The van der Waals surface area contributed by atoms with Crippen molar-refractivity contribution in [3.8, 4) is 0 Å². The average molecular weight is 366 g/mol. The molecule has 0 bridgehead atoms. The Labute approximate surface area is 152 Å². The lowest BCUT2D eigenvalue weighted by atomic mass is 9.86. The molecule has 144 valence electrons. The van der Waals surface area contributed by atoms with Crippen LogP contribution in [0.15, 0.2) is 0 Å². The molecule has 2 N–H and O–H groups in total. The van der Waals surface area contributed by atoms with Crippen LogP contribution in [0.25, 0.3) is 0 Å². The number of hydrogen-bond acceptors (Lipinski definition) is 5. The molecule has 0 unspecified atom stereocenters. The average Bonchev–Trinajstić information content (AvgIpc) is 2.74. The summed E-state index contributed by atoms with van der Waals surface area (Å²) in [7, 11) is 0. The van der Waals surface area contributed by atoms with Gasteiger partial charge in [-0.25, -0.2) is 14.5 Å². The van der Waals surface area contributed by atoms with Crippen LogP contribution in [0.3, 0.4) is 0 Å². The first kappa shape index (κ1) is 19.9. The fourth-order valence-electron chi connectivity index (χ4n) is 3.26. The van der Waals surface area contributed by atoms with Gasteiger partial charge in [-0.15, -0.1) is 0 Å². The molecule has 7 amide bonds. The molecule has 26 heavy (non-hydrogen) atoms. The van der Waals surface area contributed by atoms with Gasteiger partial charge in [0.15, 0.2) is 0 Å². The highest BCUT2D eigenvalue weighted by Gasteiger charge is 2.45. The van der Waals surface area contributed by atoms with Gasteiger partial charge in [0.2, 0.25) is 5.91 Å². The summed E-state index contributed by atoms with van der Waals surface area (Å²) in [5, 5.41) is 4.88. The number of imide groups is 3. The summed E-state index contributed by atoms with van der Waals surface area (Å²) in [6.07, 6.45) is 4.02. The van der Waals surface area contributed by atoms with Crippen LogP contribution in [0.1, 0.15) is 46.5 Å². The first-order chi connectivity index (χ1) is 12.2. The SMILES string of the molecule is CC(C)CN1C(=O)C(=O)N(CC(=O)NC(=O)N[C@@H]2CCCC[C@@H]2C)C1=O. The number of carbonyl (C=O) groups is 5. The molecule has 0 aromatic carbocycles. The maximum Gasteiger partial charge on any atom is 0.334 e. The number of hydrogen-bond donors (Lipinski definition) is 2. The molecular weight excluding hydrogens is 340 g/mol. The second-order valence-electron chi connectivity index (χ2n) is 7.37. The van der Waals surface area contributed by atoms with Crippen molar-refractivity contribution < 1.29 is 24.0 Å². The molecule has 1 saturated heterocycles. The van der Waals surface area contributed by atoms with Gasteiger partial charge in [0.05, 0.1) is 0 Å². The fourth-order valence-corrected chi connectivity index (χ4v) is 3.26. The number of nitrogens with zero attached hydrogens (tertiary/aromatic N) is 2. The van der Waals surface area contributed by atoms with E-state index in [-0.39, 0.29) is 18.5 Å². The molecule has 0 aromatic rings. The second-order valence-corrected chi connectivity index (χ2v) is 7.37. The van der Waals surface area contributed by atoms with Crippen molar-refractivity contribution in [3.05, 3.63) is 0 Å². The van der Waals surface area contributed by atoms with Gasteiger partial charge in [0.1, 0.15) is 6.54 Å². The van der Waals surface area contributed by atoms with Crippen LogP contribution in [0.4, 0.5) is 9.59 Å². The van der Waals surface area contributed by atoms with Crippen LogP contribution >= 0.6 is 0 Å². The Morgan fingerprint density at radius 1 is 1.08 bits per heavy atom. The summed E-state index contributed by atoms with van der Waals surface area (Å²) in [6, 6.07) is -1.49. The van der Waals surface area contributed by atoms with Crippen LogP contribution in [-0.4, -0.2) is 58.7 Å². The second kappa shape index (κ2) is 8.29. The predicted octanol–water partition coefficient (Wildman–Crippen LogP) is 0.838. The van der Waals surface area contributed by atoms with Gasteiger partial charge >= 0.3 is 23.9 Å². The van der Waals surface area contributed by atoms with Gasteiger partial charge in [-0.05, 0) is 24.7 Å². The van der Waals surface area contributed by atoms with Crippen molar-refractivity contribution in [2.45, 2.75) is 52.5 Å². The van der Waals surface area contributed by atoms with Gasteiger partial charge in [-0.1, -0.05) is 33.6 Å². The number of nitrogens with one attached hydrogen (secondary N) is 2. The Morgan fingerprint density at radius 3 is 2.31 bits per heavy atom. The van der Waals surface area contributed by atoms with Gasteiger partial charge in [0.25, 0.3) is 0 Å². The normalized spacial score (nSPS) is 23.6. The molecule has 1 heterocycles. The number of urea groups is 2. The van der Waals surface area contributed by atoms with Crippen LogP contribution in [0.5, 0.6) is 0 Å². The van der Waals surface area contributed by atoms with Crippen molar-refractivity contribution in [2.24, 2.45) is 11.8 Å². The summed E-state index contributed by atoms with van der Waals surface area (Å²) in [4.78, 5) is 61.3. The van der Waals surface area contributed by atoms with Crippen molar-refractivity contribution in [2.75, 3.05) is 13.1 Å². The van der Waals surface area contributed by atoms with E-state index in [0.717, 1.165) is 30.6 Å². The molecule has 0 aromatic heterocycles. The maximum atomic E-state index is 12.2. The highest BCUT2D eigenvalue weighted by atomic mass is 16.2. The van der Waals surface area contributed by atoms with E-state index >= 15 is 0 Å². The lowest BCUT2D eigenvalue weighted by Crippen LogP contribution is -2.50. The smallest absolute Gasteiger partial charge is 0.334 e. The third-order valence-corrected chi connectivity index (χ3v) is 4.67. The molecule has 2 fully saturated rings. The minimum atomic E-state index is -1.05. The highest BCUT2D eigenvalue weighted by Crippen LogP contribution is 2.23. The topological polar surface area (TPSA) is 116 Å². The monoisotopic (exact) mass is 366 g/mol. The van der Waals surface area contributed by atoms with Crippen LogP contribution in [0, 0.1) is 11.8 Å². The zero-order valence-corrected chi connectivity index (χ0v) is 15.4. The summed E-state index contributed by atoms with van der Waals surface area (Å²) >= 11 is 0. The van der Waals surface area contributed by atoms with Crippen LogP contribution < -0.4 is 10.6 Å². The van der Waals surface area contributed by atoms with Crippen molar-refractivity contribution in [3.63, 3.8) is 0 Å². The van der Waals surface area contributed by atoms with Crippen molar-refractivity contribution in [1.29, 1.82) is 0 Å².